The maximum Gasteiger partial charge on any atom is 0.249 e. The number of hydrogen-bond donors (Lipinski definition) is 2. The molecule has 4 aromatic carbocycles. The third-order valence-electron chi connectivity index (χ3n) is 9.11. The van der Waals surface area contributed by atoms with E-state index in [2.05, 4.69) is 10.6 Å². The Morgan fingerprint density at radius 3 is 2.25 bits per heavy atom. The highest BCUT2D eigenvalue weighted by Crippen LogP contribution is 2.20. The van der Waals surface area contributed by atoms with Crippen molar-refractivity contribution in [1.82, 2.24) is 20.4 Å². The number of carbonyl (C=O) groups excluding carboxylic acids is 3. The van der Waals surface area contributed by atoms with Crippen molar-refractivity contribution < 1.29 is 23.5 Å². The van der Waals surface area contributed by atoms with E-state index in [9.17, 15) is 18.8 Å². The standard InChI is InChI=1S/C39H45FN4O4/c1-43(37(45)27-48-26-34-13-8-21-41-34)36(25-30-14-17-31-11-6-7-12-32(31)23-30)39(47)44(2)35(24-29-15-18-33(40)19-16-29)38(46)42-22-20-28-9-4-3-5-10-28/h3-7,9-12,14-19,23,34-36,41H,8,13,20-22,24-27H2,1-2H3,(H,42,46). The molecule has 9 heteroatoms. The highest BCUT2D eigenvalue weighted by Gasteiger charge is 2.35. The second-order valence-electron chi connectivity index (χ2n) is 12.5. The Kier molecular flexibility index (Phi) is 12.3. The summed E-state index contributed by atoms with van der Waals surface area (Å²) < 4.78 is 19.5. The Hall–Kier alpha value is -4.60. The van der Waals surface area contributed by atoms with Crippen LogP contribution >= 0.6 is 0 Å². The minimum absolute atomic E-state index is 0.154. The van der Waals surface area contributed by atoms with Gasteiger partial charge in [-0.25, -0.2) is 4.39 Å². The molecule has 8 nitrogen and oxygen atoms in total. The second kappa shape index (κ2) is 17.0. The molecular weight excluding hydrogens is 607 g/mol. The van der Waals surface area contributed by atoms with Gasteiger partial charge in [0.1, 0.15) is 24.5 Å². The minimum atomic E-state index is -0.898. The van der Waals surface area contributed by atoms with E-state index in [1.54, 1.807) is 26.2 Å². The van der Waals surface area contributed by atoms with Gasteiger partial charge in [-0.2, -0.15) is 0 Å². The Labute approximate surface area is 282 Å². The predicted octanol–water partition coefficient (Wildman–Crippen LogP) is 4.55. The largest absolute Gasteiger partial charge is 0.370 e. The molecule has 4 aromatic rings. The summed E-state index contributed by atoms with van der Waals surface area (Å²) in [4.78, 5) is 44.6. The van der Waals surface area contributed by atoms with Crippen molar-refractivity contribution in [2.24, 2.45) is 0 Å². The van der Waals surface area contributed by atoms with Crippen molar-refractivity contribution in [3.63, 3.8) is 0 Å². The Morgan fingerprint density at radius 1 is 0.833 bits per heavy atom. The van der Waals surface area contributed by atoms with Crippen LogP contribution in [0.25, 0.3) is 10.8 Å². The zero-order valence-corrected chi connectivity index (χ0v) is 27.7. The molecule has 1 heterocycles. The van der Waals surface area contributed by atoms with Gasteiger partial charge in [0.25, 0.3) is 0 Å². The Bertz CT molecular complexity index is 1660. The normalized spacial score (nSPS) is 15.5. The number of nitrogens with one attached hydrogen (secondary N) is 2. The van der Waals surface area contributed by atoms with E-state index >= 15 is 0 Å². The highest BCUT2D eigenvalue weighted by atomic mass is 19.1. The van der Waals surface area contributed by atoms with E-state index in [1.165, 1.54) is 21.9 Å². The van der Waals surface area contributed by atoms with Gasteiger partial charge < -0.3 is 25.2 Å². The fraction of sp³-hybridized carbons (Fsp3) is 0.359. The van der Waals surface area contributed by atoms with Crippen LogP contribution in [0.15, 0.2) is 97.1 Å². The van der Waals surface area contributed by atoms with Crippen molar-refractivity contribution in [3.8, 4) is 0 Å². The van der Waals surface area contributed by atoms with Gasteiger partial charge in [-0.1, -0.05) is 84.9 Å². The summed E-state index contributed by atoms with van der Waals surface area (Å²) in [6, 6.07) is 28.2. The number of hydrogen-bond acceptors (Lipinski definition) is 5. The topological polar surface area (TPSA) is 91.0 Å². The number of ether oxygens (including phenoxy) is 1. The maximum atomic E-state index is 14.5. The molecule has 0 radical (unpaired) electrons. The zero-order valence-electron chi connectivity index (χ0n) is 27.7. The van der Waals surface area contributed by atoms with Gasteiger partial charge in [-0.15, -0.1) is 0 Å². The molecule has 252 valence electrons. The molecule has 3 unspecified atom stereocenters. The average molecular weight is 653 g/mol. The lowest BCUT2D eigenvalue weighted by molar-refractivity contribution is -0.149. The third kappa shape index (κ3) is 9.49. The summed E-state index contributed by atoms with van der Waals surface area (Å²) in [7, 11) is 3.22. The molecular formula is C39H45FN4O4. The van der Waals surface area contributed by atoms with E-state index in [4.69, 9.17) is 4.74 Å². The van der Waals surface area contributed by atoms with Gasteiger partial charge in [0.2, 0.25) is 17.7 Å². The van der Waals surface area contributed by atoms with E-state index in [-0.39, 0.29) is 49.0 Å². The average Bonchev–Trinajstić information content (AvgIpc) is 3.63. The molecule has 5 rings (SSSR count). The number of carbonyl (C=O) groups is 3. The quantitative estimate of drug-likeness (QED) is 0.197. The summed E-state index contributed by atoms with van der Waals surface area (Å²) >= 11 is 0. The van der Waals surface area contributed by atoms with Crippen molar-refractivity contribution >= 4 is 28.5 Å². The zero-order chi connectivity index (χ0) is 33.9. The van der Waals surface area contributed by atoms with Gasteiger partial charge in [-0.05, 0) is 65.4 Å². The number of fused-ring (bicyclic) bond motifs is 1. The summed E-state index contributed by atoms with van der Waals surface area (Å²) in [5.41, 5.74) is 2.68. The monoisotopic (exact) mass is 652 g/mol. The number of likely N-dealkylation sites (N-methyl/N-ethyl adjacent to an activating group) is 2. The van der Waals surface area contributed by atoms with Crippen LogP contribution in [0.2, 0.25) is 0 Å². The fourth-order valence-electron chi connectivity index (χ4n) is 6.17. The first kappa shape index (κ1) is 34.7. The summed E-state index contributed by atoms with van der Waals surface area (Å²) in [5, 5.41) is 8.47. The van der Waals surface area contributed by atoms with Crippen LogP contribution in [0, 0.1) is 5.82 Å². The summed E-state index contributed by atoms with van der Waals surface area (Å²) in [6.45, 7) is 1.59. The molecule has 0 aromatic heterocycles. The predicted molar refractivity (Wildman–Crippen MR) is 186 cm³/mol. The molecule has 1 fully saturated rings. The molecule has 0 spiro atoms. The number of amides is 3. The number of benzene rings is 4. The first-order valence-electron chi connectivity index (χ1n) is 16.7. The van der Waals surface area contributed by atoms with Gasteiger partial charge in [0, 0.05) is 39.5 Å². The SMILES string of the molecule is CN(C(=O)COCC1CCCN1)C(Cc1ccc2ccccc2c1)C(=O)N(C)C(Cc1ccc(F)cc1)C(=O)NCCc1ccccc1. The van der Waals surface area contributed by atoms with Gasteiger partial charge in [-0.3, -0.25) is 14.4 Å². The van der Waals surface area contributed by atoms with Gasteiger partial charge in [0.15, 0.2) is 0 Å². The van der Waals surface area contributed by atoms with Crippen LogP contribution in [0.5, 0.6) is 0 Å². The number of nitrogens with zero attached hydrogens (tertiary/aromatic N) is 2. The van der Waals surface area contributed by atoms with E-state index in [0.29, 0.717) is 25.1 Å². The molecule has 48 heavy (non-hydrogen) atoms. The lowest BCUT2D eigenvalue weighted by Crippen LogP contribution is -2.56. The molecule has 3 atom stereocenters. The fourth-order valence-corrected chi connectivity index (χ4v) is 6.17. The van der Waals surface area contributed by atoms with Crippen LogP contribution in [-0.2, 0) is 38.4 Å². The molecule has 0 saturated carbocycles. The van der Waals surface area contributed by atoms with Gasteiger partial charge >= 0.3 is 0 Å². The number of rotatable bonds is 15. The maximum absolute atomic E-state index is 14.5. The Morgan fingerprint density at radius 2 is 1.52 bits per heavy atom. The van der Waals surface area contributed by atoms with Crippen LogP contribution in [0.4, 0.5) is 4.39 Å². The van der Waals surface area contributed by atoms with Gasteiger partial charge in [0.05, 0.1) is 6.61 Å². The molecule has 2 N–H and O–H groups in total. The smallest absolute Gasteiger partial charge is 0.249 e. The number of halogens is 1. The van der Waals surface area contributed by atoms with Crippen molar-refractivity contribution in [2.45, 2.75) is 50.2 Å². The van der Waals surface area contributed by atoms with E-state index < -0.39 is 12.1 Å². The van der Waals surface area contributed by atoms with E-state index in [0.717, 1.165) is 41.3 Å². The molecule has 1 saturated heterocycles. The molecule has 1 aliphatic rings. The second-order valence-corrected chi connectivity index (χ2v) is 12.5. The molecule has 0 aliphatic carbocycles. The first-order chi connectivity index (χ1) is 23.3. The van der Waals surface area contributed by atoms with Crippen LogP contribution < -0.4 is 10.6 Å². The van der Waals surface area contributed by atoms with E-state index in [1.807, 2.05) is 72.8 Å². The van der Waals surface area contributed by atoms with Crippen LogP contribution in [0.1, 0.15) is 29.5 Å². The Balaban J connectivity index is 1.36. The lowest BCUT2D eigenvalue weighted by atomic mass is 9.98. The summed E-state index contributed by atoms with van der Waals surface area (Å²) in [6.07, 6.45) is 3.14. The van der Waals surface area contributed by atoms with Crippen LogP contribution in [-0.4, -0.2) is 86.0 Å². The molecule has 0 bridgehead atoms. The van der Waals surface area contributed by atoms with Crippen molar-refractivity contribution in [3.05, 3.63) is 120 Å². The third-order valence-corrected chi connectivity index (χ3v) is 9.11. The first-order valence-corrected chi connectivity index (χ1v) is 16.7. The van der Waals surface area contributed by atoms with Crippen LogP contribution in [0.3, 0.4) is 0 Å². The van der Waals surface area contributed by atoms with Crippen molar-refractivity contribution in [1.29, 1.82) is 0 Å². The highest BCUT2D eigenvalue weighted by molar-refractivity contribution is 5.92. The molecule has 1 aliphatic heterocycles. The summed E-state index contributed by atoms with van der Waals surface area (Å²) in [5.74, 6) is -1.39. The molecule has 3 amide bonds. The minimum Gasteiger partial charge on any atom is -0.370 e. The lowest BCUT2D eigenvalue weighted by Gasteiger charge is -2.34. The van der Waals surface area contributed by atoms with Crippen molar-refractivity contribution in [2.75, 3.05) is 40.4 Å².